The number of fused-ring (bicyclic) bond motifs is 1. The third kappa shape index (κ3) is 7.15. The lowest BCUT2D eigenvalue weighted by Crippen LogP contribution is -2.37. The smallest absolute Gasteiger partial charge is 0.422 e. The molecule has 0 spiro atoms. The zero-order chi connectivity index (χ0) is 20.7. The van der Waals surface area contributed by atoms with Gasteiger partial charge in [-0.15, -0.1) is 24.0 Å². The number of ether oxygens (including phenoxy) is 3. The average molecular weight is 537 g/mol. The summed E-state index contributed by atoms with van der Waals surface area (Å²) in [6, 6.07) is 12.2. The maximum absolute atomic E-state index is 12.4. The number of nitrogens with one attached hydrogen (secondary N) is 2. The molecule has 1 heterocycles. The first-order chi connectivity index (χ1) is 13.9. The van der Waals surface area contributed by atoms with E-state index in [-0.39, 0.29) is 43.1 Å². The fraction of sp³-hybridized carbons (Fsp3) is 0.350. The van der Waals surface area contributed by atoms with E-state index >= 15 is 0 Å². The maximum Gasteiger partial charge on any atom is 0.422 e. The molecule has 6 nitrogen and oxygen atoms in total. The highest BCUT2D eigenvalue weighted by Crippen LogP contribution is 2.32. The highest BCUT2D eigenvalue weighted by atomic mass is 127. The Hall–Kier alpha value is -2.37. The monoisotopic (exact) mass is 537 g/mol. The van der Waals surface area contributed by atoms with Crippen LogP contribution in [0.2, 0.25) is 0 Å². The summed E-state index contributed by atoms with van der Waals surface area (Å²) in [5, 5.41) is 6.23. The second-order valence-corrected chi connectivity index (χ2v) is 6.25. The summed E-state index contributed by atoms with van der Waals surface area (Å²) in [6.07, 6.45) is -4.39. The minimum atomic E-state index is -4.39. The van der Waals surface area contributed by atoms with Crippen molar-refractivity contribution in [1.29, 1.82) is 0 Å². The second kappa shape index (κ2) is 11.1. The van der Waals surface area contributed by atoms with E-state index in [4.69, 9.17) is 14.2 Å². The molecule has 164 valence electrons. The summed E-state index contributed by atoms with van der Waals surface area (Å²) in [5.41, 5.74) is 1.55. The Labute approximate surface area is 189 Å². The predicted molar refractivity (Wildman–Crippen MR) is 118 cm³/mol. The number of hydrogen-bond acceptors (Lipinski definition) is 4. The number of aliphatic imine (C=N–C) groups is 1. The van der Waals surface area contributed by atoms with Crippen molar-refractivity contribution in [3.05, 3.63) is 53.6 Å². The molecule has 0 saturated carbocycles. The molecule has 1 aliphatic rings. The Bertz CT molecular complexity index is 863. The van der Waals surface area contributed by atoms with Gasteiger partial charge in [-0.1, -0.05) is 24.3 Å². The van der Waals surface area contributed by atoms with Gasteiger partial charge in [-0.25, -0.2) is 4.99 Å². The van der Waals surface area contributed by atoms with Crippen molar-refractivity contribution < 1.29 is 27.4 Å². The normalized spacial score (nSPS) is 12.9. The summed E-state index contributed by atoms with van der Waals surface area (Å²) < 4.78 is 52.9. The molecule has 3 rings (SSSR count). The van der Waals surface area contributed by atoms with Gasteiger partial charge in [-0.2, -0.15) is 13.2 Å². The summed E-state index contributed by atoms with van der Waals surface area (Å²) in [6.45, 7) is 2.11. The highest BCUT2D eigenvalue weighted by molar-refractivity contribution is 14.0. The number of alkyl halides is 3. The molecule has 0 amide bonds. The van der Waals surface area contributed by atoms with Crippen LogP contribution in [0.15, 0.2) is 47.5 Å². The Balaban J connectivity index is 0.00000320. The van der Waals surface area contributed by atoms with E-state index in [0.29, 0.717) is 36.1 Å². The first kappa shape index (κ1) is 23.9. The highest BCUT2D eigenvalue weighted by Gasteiger charge is 2.28. The van der Waals surface area contributed by atoms with E-state index in [0.717, 1.165) is 5.56 Å². The van der Waals surface area contributed by atoms with E-state index < -0.39 is 12.8 Å². The molecule has 1 aliphatic heterocycles. The minimum Gasteiger partial charge on any atom is -0.484 e. The van der Waals surface area contributed by atoms with Gasteiger partial charge in [0.05, 0.1) is 6.54 Å². The number of rotatable bonds is 7. The van der Waals surface area contributed by atoms with Gasteiger partial charge < -0.3 is 24.8 Å². The van der Waals surface area contributed by atoms with Gasteiger partial charge >= 0.3 is 6.18 Å². The van der Waals surface area contributed by atoms with Gasteiger partial charge in [0.2, 0.25) is 6.79 Å². The van der Waals surface area contributed by atoms with Gasteiger partial charge in [0.1, 0.15) is 5.75 Å². The van der Waals surface area contributed by atoms with Gasteiger partial charge in [-0.05, 0) is 30.7 Å². The number of hydrogen-bond donors (Lipinski definition) is 2. The van der Waals surface area contributed by atoms with Crippen molar-refractivity contribution in [1.82, 2.24) is 10.6 Å². The van der Waals surface area contributed by atoms with Crippen LogP contribution in [-0.2, 0) is 13.1 Å². The summed E-state index contributed by atoms with van der Waals surface area (Å²) >= 11 is 0. The van der Waals surface area contributed by atoms with E-state index in [9.17, 15) is 13.2 Å². The molecule has 0 radical (unpaired) electrons. The Kier molecular flexibility index (Phi) is 8.88. The lowest BCUT2D eigenvalue weighted by molar-refractivity contribution is -0.153. The van der Waals surface area contributed by atoms with Crippen molar-refractivity contribution in [2.45, 2.75) is 26.2 Å². The average Bonchev–Trinajstić information content (AvgIpc) is 3.16. The van der Waals surface area contributed by atoms with E-state index in [2.05, 4.69) is 15.6 Å². The zero-order valence-corrected chi connectivity index (χ0v) is 18.6. The van der Waals surface area contributed by atoms with Crippen molar-refractivity contribution in [3.8, 4) is 17.2 Å². The molecule has 2 N–H and O–H groups in total. The van der Waals surface area contributed by atoms with E-state index in [1.165, 1.54) is 6.07 Å². The molecule has 2 aromatic rings. The lowest BCUT2D eigenvalue weighted by atomic mass is 10.2. The molecular formula is C20H23F3IN3O3. The van der Waals surface area contributed by atoms with Crippen molar-refractivity contribution >= 4 is 29.9 Å². The van der Waals surface area contributed by atoms with Crippen LogP contribution in [0.4, 0.5) is 13.2 Å². The molecule has 0 aromatic heterocycles. The van der Waals surface area contributed by atoms with Crippen molar-refractivity contribution in [2.24, 2.45) is 4.99 Å². The molecule has 0 aliphatic carbocycles. The molecular weight excluding hydrogens is 514 g/mol. The Morgan fingerprint density at radius 3 is 2.63 bits per heavy atom. The molecule has 0 unspecified atom stereocenters. The lowest BCUT2D eigenvalue weighted by Gasteiger charge is -2.15. The Morgan fingerprint density at radius 1 is 1.10 bits per heavy atom. The molecule has 0 fully saturated rings. The summed E-state index contributed by atoms with van der Waals surface area (Å²) in [7, 11) is 0. The van der Waals surface area contributed by atoms with Gasteiger partial charge in [0.25, 0.3) is 0 Å². The van der Waals surface area contributed by atoms with Crippen molar-refractivity contribution in [2.75, 3.05) is 19.9 Å². The number of halogens is 4. The topological polar surface area (TPSA) is 64.1 Å². The second-order valence-electron chi connectivity index (χ2n) is 6.25. The zero-order valence-electron chi connectivity index (χ0n) is 16.3. The van der Waals surface area contributed by atoms with Gasteiger partial charge in [0, 0.05) is 18.7 Å². The predicted octanol–water partition coefficient (Wildman–Crippen LogP) is 4.23. The number of guanidine groups is 1. The fourth-order valence-electron chi connectivity index (χ4n) is 2.68. The first-order valence-corrected chi connectivity index (χ1v) is 9.13. The van der Waals surface area contributed by atoms with Gasteiger partial charge in [0.15, 0.2) is 24.1 Å². The molecule has 2 aromatic carbocycles. The van der Waals surface area contributed by atoms with Crippen LogP contribution in [0.25, 0.3) is 0 Å². The standard InChI is InChI=1S/C20H22F3N3O3.HI/c1-2-24-19(25-10-14-7-8-17-18(9-14)29-13-28-17)26-11-15-5-3-4-6-16(15)27-12-20(21,22)23;/h3-9H,2,10-13H2,1H3,(H2,24,25,26);1H. The SMILES string of the molecule is CCNC(=NCc1ccc2c(c1)OCO2)NCc1ccccc1OCC(F)(F)F.I. The third-order valence-electron chi connectivity index (χ3n) is 4.01. The number of benzene rings is 2. The van der Waals surface area contributed by atoms with Crippen LogP contribution < -0.4 is 24.8 Å². The van der Waals surface area contributed by atoms with Crippen molar-refractivity contribution in [3.63, 3.8) is 0 Å². The molecule has 10 heteroatoms. The molecule has 0 saturated heterocycles. The van der Waals surface area contributed by atoms with Crippen LogP contribution in [0, 0.1) is 0 Å². The number of nitrogens with zero attached hydrogens (tertiary/aromatic N) is 1. The van der Waals surface area contributed by atoms with E-state index in [1.54, 1.807) is 18.2 Å². The van der Waals surface area contributed by atoms with Crippen LogP contribution in [0.5, 0.6) is 17.2 Å². The van der Waals surface area contributed by atoms with Crippen LogP contribution >= 0.6 is 24.0 Å². The minimum absolute atomic E-state index is 0. The summed E-state index contributed by atoms with van der Waals surface area (Å²) in [4.78, 5) is 4.52. The Morgan fingerprint density at radius 2 is 1.87 bits per heavy atom. The van der Waals surface area contributed by atoms with Crippen LogP contribution in [0.1, 0.15) is 18.1 Å². The van der Waals surface area contributed by atoms with Crippen LogP contribution in [0.3, 0.4) is 0 Å². The first-order valence-electron chi connectivity index (χ1n) is 9.13. The molecule has 0 bridgehead atoms. The van der Waals surface area contributed by atoms with E-state index in [1.807, 2.05) is 25.1 Å². The fourth-order valence-corrected chi connectivity index (χ4v) is 2.68. The third-order valence-corrected chi connectivity index (χ3v) is 4.01. The largest absolute Gasteiger partial charge is 0.484 e. The molecule has 30 heavy (non-hydrogen) atoms. The maximum atomic E-state index is 12.4. The van der Waals surface area contributed by atoms with Crippen LogP contribution in [-0.4, -0.2) is 32.1 Å². The number of para-hydroxylation sites is 1. The van der Waals surface area contributed by atoms with Gasteiger partial charge in [-0.3, -0.25) is 0 Å². The molecule has 0 atom stereocenters. The quantitative estimate of drug-likeness (QED) is 0.315. The summed E-state index contributed by atoms with van der Waals surface area (Å²) in [5.74, 6) is 2.12.